The van der Waals surface area contributed by atoms with Gasteiger partial charge in [0.15, 0.2) is 16.8 Å². The van der Waals surface area contributed by atoms with Crippen LogP contribution in [0.2, 0.25) is 0 Å². The summed E-state index contributed by atoms with van der Waals surface area (Å²) in [5.41, 5.74) is -0.0999. The van der Waals surface area contributed by atoms with E-state index in [-0.39, 0.29) is 40.5 Å². The molecule has 3 aliphatic heterocycles. The topological polar surface area (TPSA) is 125 Å². The molecule has 7 rings (SSSR count). The highest BCUT2D eigenvalue weighted by Gasteiger charge is 2.48. The smallest absolute Gasteiger partial charge is 0.421 e. The SMILES string of the molecule is O=C(O)N1C2CC1CN(c1nc3c(Oc4ncc(CO)cc4C(F)(F)F)ccc(-c4nccs4)c3o1)C2. The van der Waals surface area contributed by atoms with Gasteiger partial charge in [-0.05, 0) is 30.2 Å². The normalized spacial score (nSPS) is 19.2. The Kier molecular flexibility index (Phi) is 5.45. The number of anilines is 1. The molecule has 0 saturated carbocycles. The summed E-state index contributed by atoms with van der Waals surface area (Å²) in [5.74, 6) is -0.691. The van der Waals surface area contributed by atoms with E-state index in [9.17, 15) is 28.2 Å². The average molecular weight is 533 g/mol. The number of piperazine rings is 1. The fraction of sp³-hybridized carbons (Fsp3) is 0.304. The van der Waals surface area contributed by atoms with Crippen LogP contribution in [0.3, 0.4) is 0 Å². The van der Waals surface area contributed by atoms with E-state index in [1.807, 2.05) is 4.90 Å². The Bertz CT molecular complexity index is 1480. The van der Waals surface area contributed by atoms with Crippen molar-refractivity contribution in [1.29, 1.82) is 0 Å². The van der Waals surface area contributed by atoms with E-state index >= 15 is 0 Å². The summed E-state index contributed by atoms with van der Waals surface area (Å²) in [4.78, 5) is 27.3. The monoisotopic (exact) mass is 533 g/mol. The summed E-state index contributed by atoms with van der Waals surface area (Å²) in [6.07, 6.45) is -2.27. The lowest BCUT2D eigenvalue weighted by molar-refractivity contribution is -0.139. The van der Waals surface area contributed by atoms with Crippen LogP contribution >= 0.6 is 11.3 Å². The first-order chi connectivity index (χ1) is 17.7. The molecule has 3 fully saturated rings. The van der Waals surface area contributed by atoms with Gasteiger partial charge >= 0.3 is 12.3 Å². The number of ether oxygens (including phenoxy) is 1. The van der Waals surface area contributed by atoms with Crippen molar-refractivity contribution in [2.75, 3.05) is 18.0 Å². The summed E-state index contributed by atoms with van der Waals surface area (Å²) in [6, 6.07) is 3.72. The van der Waals surface area contributed by atoms with Crippen LogP contribution in [0, 0.1) is 0 Å². The molecule has 192 valence electrons. The summed E-state index contributed by atoms with van der Waals surface area (Å²) < 4.78 is 52.9. The van der Waals surface area contributed by atoms with Gasteiger partial charge in [-0.2, -0.15) is 18.2 Å². The van der Waals surface area contributed by atoms with Crippen molar-refractivity contribution >= 4 is 34.5 Å². The van der Waals surface area contributed by atoms with E-state index in [4.69, 9.17) is 9.15 Å². The number of pyridine rings is 1. The predicted molar refractivity (Wildman–Crippen MR) is 125 cm³/mol. The van der Waals surface area contributed by atoms with Crippen molar-refractivity contribution in [3.63, 3.8) is 0 Å². The van der Waals surface area contributed by atoms with Crippen LogP contribution in [0.1, 0.15) is 17.5 Å². The maximum atomic E-state index is 13.7. The fourth-order valence-corrected chi connectivity index (χ4v) is 5.42. The molecule has 14 heteroatoms. The molecule has 3 aliphatic rings. The number of nitrogens with zero attached hydrogens (tertiary/aromatic N) is 5. The molecule has 2 bridgehead atoms. The van der Waals surface area contributed by atoms with Gasteiger partial charge in [0, 0.05) is 30.9 Å². The van der Waals surface area contributed by atoms with Crippen LogP contribution in [-0.4, -0.2) is 61.3 Å². The van der Waals surface area contributed by atoms with E-state index in [1.54, 1.807) is 17.6 Å². The van der Waals surface area contributed by atoms with Gasteiger partial charge in [0.1, 0.15) is 10.6 Å². The molecular weight excluding hydrogens is 515 g/mol. The van der Waals surface area contributed by atoms with Crippen LogP contribution in [0.5, 0.6) is 11.6 Å². The van der Waals surface area contributed by atoms with Gasteiger partial charge in [-0.3, -0.25) is 4.90 Å². The molecule has 0 aliphatic carbocycles. The largest absolute Gasteiger partial charge is 0.465 e. The third-order valence-electron chi connectivity index (χ3n) is 6.44. The third-order valence-corrected chi connectivity index (χ3v) is 7.25. The first kappa shape index (κ1) is 23.5. The molecule has 2 atom stereocenters. The highest BCUT2D eigenvalue weighted by molar-refractivity contribution is 7.13. The molecule has 0 spiro atoms. The van der Waals surface area contributed by atoms with E-state index in [0.717, 1.165) is 18.7 Å². The number of alkyl halides is 3. The lowest BCUT2D eigenvalue weighted by Crippen LogP contribution is -2.70. The summed E-state index contributed by atoms with van der Waals surface area (Å²) in [6.45, 7) is 0.147. The highest BCUT2D eigenvalue weighted by atomic mass is 32.1. The van der Waals surface area contributed by atoms with Crippen molar-refractivity contribution in [1.82, 2.24) is 19.9 Å². The Labute approximate surface area is 210 Å². The van der Waals surface area contributed by atoms with Crippen LogP contribution in [0.25, 0.3) is 21.7 Å². The van der Waals surface area contributed by atoms with Gasteiger partial charge in [0.2, 0.25) is 5.88 Å². The second-order valence-corrected chi connectivity index (χ2v) is 9.61. The second kappa shape index (κ2) is 8.59. The minimum absolute atomic E-state index is 0.00520. The Morgan fingerprint density at radius 1 is 1.24 bits per heavy atom. The Morgan fingerprint density at radius 3 is 2.68 bits per heavy atom. The molecule has 3 aromatic heterocycles. The number of thiazole rings is 1. The maximum Gasteiger partial charge on any atom is 0.421 e. The van der Waals surface area contributed by atoms with E-state index in [1.165, 1.54) is 22.3 Å². The highest BCUT2D eigenvalue weighted by Crippen LogP contribution is 2.43. The molecule has 3 saturated heterocycles. The Hall–Kier alpha value is -3.91. The number of oxazole rings is 1. The first-order valence-electron chi connectivity index (χ1n) is 11.2. The summed E-state index contributed by atoms with van der Waals surface area (Å²) >= 11 is 1.36. The van der Waals surface area contributed by atoms with Gasteiger partial charge in [0.25, 0.3) is 6.01 Å². The molecule has 2 N–H and O–H groups in total. The number of carboxylic acid groups (broad SMARTS) is 1. The molecule has 0 radical (unpaired) electrons. The Balaban J connectivity index is 1.41. The molecule has 1 amide bonds. The van der Waals surface area contributed by atoms with Gasteiger partial charge in [-0.15, -0.1) is 11.3 Å². The summed E-state index contributed by atoms with van der Waals surface area (Å²) in [7, 11) is 0. The van der Waals surface area contributed by atoms with Crippen molar-refractivity contribution in [2.45, 2.75) is 31.3 Å². The fourth-order valence-electron chi connectivity index (χ4n) is 4.76. The van der Waals surface area contributed by atoms with Crippen LogP contribution < -0.4 is 9.64 Å². The van der Waals surface area contributed by atoms with Crippen molar-refractivity contribution in [2.24, 2.45) is 0 Å². The van der Waals surface area contributed by atoms with Gasteiger partial charge in [0.05, 0.1) is 24.3 Å². The number of carbonyl (C=O) groups is 1. The number of rotatable bonds is 5. The molecule has 4 aromatic rings. The molecule has 37 heavy (non-hydrogen) atoms. The number of aliphatic hydroxyl groups is 1. The zero-order valence-electron chi connectivity index (χ0n) is 18.8. The number of halogens is 3. The number of fused-ring (bicyclic) bond motifs is 3. The third kappa shape index (κ3) is 4.01. The number of amides is 1. The standard InChI is InChI=1S/C23H18F3N5O5S/c24-23(25,26)15-5-11(10-32)7-28-19(15)35-16-2-1-14(20-27-3-4-37-20)18-17(16)29-21(36-18)30-8-12-6-13(9-30)31(12)22(33)34/h1-5,7,12-13,32H,6,8-10H2,(H,33,34). The minimum atomic E-state index is -4.77. The minimum Gasteiger partial charge on any atom is -0.465 e. The van der Waals surface area contributed by atoms with Gasteiger partial charge < -0.3 is 24.3 Å². The number of piperidine rings is 1. The van der Waals surface area contributed by atoms with E-state index < -0.39 is 30.3 Å². The average Bonchev–Trinajstić information content (AvgIpc) is 3.54. The van der Waals surface area contributed by atoms with E-state index in [2.05, 4.69) is 15.0 Å². The zero-order valence-corrected chi connectivity index (χ0v) is 19.7. The number of hydrogen-bond acceptors (Lipinski definition) is 9. The van der Waals surface area contributed by atoms with E-state index in [0.29, 0.717) is 23.7 Å². The van der Waals surface area contributed by atoms with Crippen molar-refractivity contribution < 1.29 is 37.3 Å². The second-order valence-electron chi connectivity index (χ2n) is 8.72. The van der Waals surface area contributed by atoms with Crippen molar-refractivity contribution in [3.05, 3.63) is 47.1 Å². The predicted octanol–water partition coefficient (Wildman–Crippen LogP) is 4.59. The molecule has 2 unspecified atom stereocenters. The molecular formula is C23H18F3N5O5S. The number of benzene rings is 1. The summed E-state index contributed by atoms with van der Waals surface area (Å²) in [5, 5.41) is 21.0. The number of aliphatic hydroxyl groups excluding tert-OH is 1. The van der Waals surface area contributed by atoms with Gasteiger partial charge in [-0.1, -0.05) is 0 Å². The lowest BCUT2D eigenvalue weighted by Gasteiger charge is -2.54. The Morgan fingerprint density at radius 2 is 2.03 bits per heavy atom. The van der Waals surface area contributed by atoms with Crippen LogP contribution in [-0.2, 0) is 12.8 Å². The number of aromatic nitrogens is 3. The molecule has 6 heterocycles. The van der Waals surface area contributed by atoms with Crippen LogP contribution in [0.4, 0.5) is 24.0 Å². The lowest BCUT2D eigenvalue weighted by atomic mass is 9.88. The molecule has 1 aromatic carbocycles. The van der Waals surface area contributed by atoms with Crippen molar-refractivity contribution in [3.8, 4) is 22.2 Å². The quantitative estimate of drug-likeness (QED) is 0.379. The zero-order chi connectivity index (χ0) is 25.9. The first-order valence-corrected chi connectivity index (χ1v) is 12.1. The van der Waals surface area contributed by atoms with Crippen LogP contribution in [0.15, 0.2) is 40.4 Å². The maximum absolute atomic E-state index is 13.7. The molecule has 10 nitrogen and oxygen atoms in total. The van der Waals surface area contributed by atoms with Gasteiger partial charge in [-0.25, -0.2) is 14.8 Å². The number of hydrogen-bond donors (Lipinski definition) is 2.